The molecule has 2 aromatic heterocycles. The lowest BCUT2D eigenvalue weighted by Crippen LogP contribution is -2.08. The number of azo groups is 3. The first kappa shape index (κ1) is 53.7. The van der Waals surface area contributed by atoms with Crippen LogP contribution in [0.15, 0.2) is 153 Å². The SMILES string of the molecule is Cc1cc(N=Nc2ccc3c(S(=O)(=O)O)c(N=Nc4c(-c5ccccc5)nn(-c5cc(S(=O)(=O)O)cc(S(=O)(=O)O)c5)c4O)ccc3c2O)c(OCCCS(=O)(=O)O)cc1N=Nc1nc2c(S(=O)(=O)O)cccc2s1. The molecule has 0 saturated heterocycles. The number of phenolic OH excluding ortho intramolecular Hbond substituents is 1. The molecule has 0 atom stereocenters. The van der Waals surface area contributed by atoms with E-state index in [0.717, 1.165) is 29.5 Å². The van der Waals surface area contributed by atoms with Crippen LogP contribution in [0.5, 0.6) is 17.4 Å². The maximum absolute atomic E-state index is 13.0. The highest BCUT2D eigenvalue weighted by Crippen LogP contribution is 2.45. The van der Waals surface area contributed by atoms with Gasteiger partial charge in [-0.3, -0.25) is 22.8 Å². The van der Waals surface area contributed by atoms with Crippen molar-refractivity contribution in [1.29, 1.82) is 0 Å². The van der Waals surface area contributed by atoms with Crippen molar-refractivity contribution in [3.05, 3.63) is 109 Å². The summed E-state index contributed by atoms with van der Waals surface area (Å²) in [5.41, 5.74) is -1.35. The number of fused-ring (bicyclic) bond motifs is 2. The lowest BCUT2D eigenvalue weighted by molar-refractivity contribution is 0.317. The smallest absolute Gasteiger partial charge is 0.297 e. The normalized spacial score (nSPS) is 13.0. The van der Waals surface area contributed by atoms with Crippen molar-refractivity contribution in [3.63, 3.8) is 0 Å². The van der Waals surface area contributed by atoms with Gasteiger partial charge in [0.05, 0.1) is 38.2 Å². The molecule has 0 spiro atoms. The van der Waals surface area contributed by atoms with Crippen LogP contribution < -0.4 is 4.74 Å². The Bertz CT molecular complexity index is 4270. The lowest BCUT2D eigenvalue weighted by Gasteiger charge is -2.11. The fourth-order valence-electron chi connectivity index (χ4n) is 7.07. The van der Waals surface area contributed by atoms with Crippen molar-refractivity contribution in [2.75, 3.05) is 12.4 Å². The molecule has 7 N–H and O–H groups in total. The molecule has 0 amide bonds. The van der Waals surface area contributed by atoms with Gasteiger partial charge in [0.2, 0.25) is 11.0 Å². The summed E-state index contributed by atoms with van der Waals surface area (Å²) >= 11 is 0.967. The predicted octanol–water partition coefficient (Wildman–Crippen LogP) is 8.91. The largest absolute Gasteiger partial charge is 0.505 e. The number of nitrogens with zero attached hydrogens (tertiary/aromatic N) is 9. The zero-order valence-electron chi connectivity index (χ0n) is 37.5. The number of ether oxygens (including phenoxy) is 1. The van der Waals surface area contributed by atoms with Crippen LogP contribution in [0.25, 0.3) is 37.9 Å². The highest BCUT2D eigenvalue weighted by Gasteiger charge is 2.27. The Morgan fingerprint density at radius 3 is 1.88 bits per heavy atom. The molecule has 0 bridgehead atoms. The Labute approximate surface area is 427 Å². The average molecular weight is 1140 g/mol. The van der Waals surface area contributed by atoms with E-state index < -0.39 is 105 Å². The molecule has 75 heavy (non-hydrogen) atoms. The summed E-state index contributed by atoms with van der Waals surface area (Å²) in [4.78, 5) is 0.792. The van der Waals surface area contributed by atoms with Crippen molar-refractivity contribution in [2.24, 2.45) is 30.7 Å². The summed E-state index contributed by atoms with van der Waals surface area (Å²) in [5.74, 6) is -2.33. The van der Waals surface area contributed by atoms with Crippen LogP contribution in [0.1, 0.15) is 12.0 Å². The van der Waals surface area contributed by atoms with Crippen molar-refractivity contribution >= 4 is 116 Å². The average Bonchev–Trinajstić information content (AvgIpc) is 3.90. The molecule has 6 aromatic carbocycles. The van der Waals surface area contributed by atoms with Gasteiger partial charge in [-0.25, -0.2) is 4.98 Å². The van der Waals surface area contributed by atoms with Crippen LogP contribution in [-0.4, -0.2) is 102 Å². The zero-order valence-corrected chi connectivity index (χ0v) is 42.4. The number of benzene rings is 6. The van der Waals surface area contributed by atoms with Gasteiger partial charge >= 0.3 is 0 Å². The maximum atomic E-state index is 13.0. The van der Waals surface area contributed by atoms with Crippen molar-refractivity contribution in [2.45, 2.75) is 32.9 Å². The number of aryl methyl sites for hydroxylation is 1. The first-order valence-corrected chi connectivity index (χ1v) is 28.8. The third-order valence-electron chi connectivity index (χ3n) is 10.4. The molecule has 0 aliphatic rings. The molecule has 2 heterocycles. The van der Waals surface area contributed by atoms with E-state index in [1.54, 1.807) is 31.2 Å². The molecule has 0 fully saturated rings. The van der Waals surface area contributed by atoms with Gasteiger partial charge in [0.25, 0.3) is 50.6 Å². The number of para-hydroxylation sites is 1. The van der Waals surface area contributed by atoms with Crippen LogP contribution >= 0.6 is 11.3 Å². The summed E-state index contributed by atoms with van der Waals surface area (Å²) in [5, 5.41) is 51.2. The molecule has 8 rings (SSSR count). The van der Waals surface area contributed by atoms with Gasteiger partial charge < -0.3 is 14.9 Å². The lowest BCUT2D eigenvalue weighted by atomic mass is 10.1. The number of hydrogen-bond donors (Lipinski definition) is 7. The highest BCUT2D eigenvalue weighted by molar-refractivity contribution is 7.87. The fourth-order valence-corrected chi connectivity index (χ4v) is 11.1. The minimum absolute atomic E-state index is 0.00803. The second-order valence-electron chi connectivity index (χ2n) is 15.6. The van der Waals surface area contributed by atoms with Crippen LogP contribution in [-0.2, 0) is 50.6 Å². The van der Waals surface area contributed by atoms with E-state index in [-0.39, 0.29) is 68.5 Å². The second kappa shape index (κ2) is 20.3. The van der Waals surface area contributed by atoms with Gasteiger partial charge in [0.1, 0.15) is 43.8 Å². The number of rotatable bonds is 17. The minimum Gasteiger partial charge on any atom is -0.505 e. The maximum Gasteiger partial charge on any atom is 0.297 e. The van der Waals surface area contributed by atoms with Crippen molar-refractivity contribution < 1.29 is 79.8 Å². The summed E-state index contributed by atoms with van der Waals surface area (Å²) in [6.45, 7) is 1.31. The molecule has 0 unspecified atom stereocenters. The minimum atomic E-state index is -5.26. The number of aromatic nitrogens is 3. The number of hydrogen-bond acceptors (Lipinski definition) is 22. The van der Waals surface area contributed by atoms with Crippen molar-refractivity contribution in [3.8, 4) is 34.3 Å². The topological polar surface area (TPSA) is 426 Å². The molecule has 27 nitrogen and oxygen atoms in total. The molecular weight excluding hydrogens is 1110 g/mol. The number of aromatic hydroxyl groups is 2. The Hall–Kier alpha value is -7.57. The summed E-state index contributed by atoms with van der Waals surface area (Å²) in [7, 11) is -24.5. The molecule has 33 heteroatoms. The zero-order chi connectivity index (χ0) is 54.4. The number of thiazole rings is 1. The Kier molecular flexibility index (Phi) is 14.5. The second-order valence-corrected chi connectivity index (χ2v) is 23.8. The first-order valence-electron chi connectivity index (χ1n) is 20.7. The standard InChI is InChI=1S/C42H33N9O18S6/c1-22-17-32(33(69-15-6-16-71(54,55)56)21-31(22)46-49-42-43-37-34(70-42)9-5-10-35(37)74(63,64)65)47-44-29-13-12-28-27(39(29)52)11-14-30(40(28)75(66,67)68)45-48-38-36(23-7-3-2-4-8-23)50-51(41(38)53)24-18-25(72(57,58)59)20-26(19-24)73(60,61)62/h2-5,7-14,17-21,52-53H,6,15-16H2,1H3,(H,54,55,56)(H,57,58,59)(H,60,61,62)(H,63,64,65)(H,66,67,68). The fraction of sp³-hybridized carbons (Fsp3) is 0.0952. The molecular formula is C42H33N9O18S6. The third-order valence-corrected chi connectivity index (χ3v) is 15.6. The van der Waals surface area contributed by atoms with Gasteiger partial charge in [-0.15, -0.1) is 30.7 Å². The molecule has 390 valence electrons. The Morgan fingerprint density at radius 1 is 0.613 bits per heavy atom. The summed E-state index contributed by atoms with van der Waals surface area (Å²) in [6.07, 6.45) is -0.182. The first-order chi connectivity index (χ1) is 35.1. The Balaban J connectivity index is 1.16. The Morgan fingerprint density at radius 2 is 1.24 bits per heavy atom. The van der Waals surface area contributed by atoms with Crippen LogP contribution in [0.3, 0.4) is 0 Å². The van der Waals surface area contributed by atoms with Gasteiger partial charge in [-0.1, -0.05) is 53.8 Å². The van der Waals surface area contributed by atoms with E-state index in [1.807, 2.05) is 0 Å². The molecule has 8 aromatic rings. The van der Waals surface area contributed by atoms with Crippen molar-refractivity contribution in [1.82, 2.24) is 14.8 Å². The summed E-state index contributed by atoms with van der Waals surface area (Å²) in [6, 6.07) is 20.9. The highest BCUT2D eigenvalue weighted by atomic mass is 32.2. The van der Waals surface area contributed by atoms with E-state index >= 15 is 0 Å². The molecule has 0 saturated carbocycles. The van der Waals surface area contributed by atoms with Crippen LogP contribution in [0, 0.1) is 6.92 Å². The quantitative estimate of drug-likeness (QED) is 0.0254. The monoisotopic (exact) mass is 1140 g/mol. The molecule has 0 aliphatic carbocycles. The van der Waals surface area contributed by atoms with E-state index in [0.29, 0.717) is 33.1 Å². The van der Waals surface area contributed by atoms with Crippen LogP contribution in [0.2, 0.25) is 0 Å². The predicted molar refractivity (Wildman–Crippen MR) is 265 cm³/mol. The number of phenols is 1. The van der Waals surface area contributed by atoms with Gasteiger partial charge in [-0.2, -0.15) is 51.9 Å². The van der Waals surface area contributed by atoms with E-state index in [9.17, 15) is 75.1 Å². The van der Waals surface area contributed by atoms with E-state index in [4.69, 9.17) is 4.74 Å². The summed E-state index contributed by atoms with van der Waals surface area (Å²) < 4.78 is 177. The van der Waals surface area contributed by atoms with E-state index in [1.165, 1.54) is 42.5 Å². The van der Waals surface area contributed by atoms with E-state index in [2.05, 4.69) is 40.8 Å². The van der Waals surface area contributed by atoms with Crippen LogP contribution in [0.4, 0.5) is 33.6 Å². The molecule has 0 aliphatic heterocycles. The van der Waals surface area contributed by atoms with Gasteiger partial charge in [0, 0.05) is 22.4 Å². The van der Waals surface area contributed by atoms with Gasteiger partial charge in [0.15, 0.2) is 11.4 Å². The van der Waals surface area contributed by atoms with Gasteiger partial charge in [-0.05, 0) is 73.5 Å². The third kappa shape index (κ3) is 12.0. The molecule has 0 radical (unpaired) electrons.